The zero-order valence-electron chi connectivity index (χ0n) is 15.2. The van der Waals surface area contributed by atoms with Crippen LogP contribution in [0.15, 0.2) is 42.5 Å². The second kappa shape index (κ2) is 8.18. The van der Waals surface area contributed by atoms with Crippen molar-refractivity contribution >= 4 is 40.5 Å². The zero-order valence-corrected chi connectivity index (χ0v) is 16.0. The van der Waals surface area contributed by atoms with E-state index in [1.807, 2.05) is 19.1 Å². The first-order chi connectivity index (χ1) is 13.0. The number of anilines is 2. The van der Waals surface area contributed by atoms with Crippen molar-refractivity contribution in [3.8, 4) is 5.75 Å². The normalized spacial score (nSPS) is 12.8. The minimum absolute atomic E-state index is 0.0438. The van der Waals surface area contributed by atoms with Crippen molar-refractivity contribution in [1.82, 2.24) is 5.32 Å². The molecule has 2 aromatic carbocycles. The van der Waals surface area contributed by atoms with Crippen LogP contribution in [0.1, 0.15) is 28.8 Å². The molecular formula is C20H21N3O3S. The highest BCUT2D eigenvalue weighted by Crippen LogP contribution is 2.31. The smallest absolute Gasteiger partial charge is 0.261 e. The van der Waals surface area contributed by atoms with E-state index in [0.717, 1.165) is 24.1 Å². The molecule has 6 nitrogen and oxygen atoms in total. The lowest BCUT2D eigenvalue weighted by Crippen LogP contribution is -2.34. The predicted octanol–water partition coefficient (Wildman–Crippen LogP) is 3.48. The Bertz CT molecular complexity index is 894. The van der Waals surface area contributed by atoms with Crippen LogP contribution >= 0.6 is 12.2 Å². The summed E-state index contributed by atoms with van der Waals surface area (Å²) in [5.74, 6) is 0.280. The van der Waals surface area contributed by atoms with E-state index in [4.69, 9.17) is 17.0 Å². The summed E-state index contributed by atoms with van der Waals surface area (Å²) in [6, 6.07) is 12.4. The molecule has 0 atom stereocenters. The minimum atomic E-state index is -0.362. The predicted molar refractivity (Wildman–Crippen MR) is 109 cm³/mol. The number of benzene rings is 2. The molecule has 0 radical (unpaired) electrons. The molecule has 0 spiro atoms. The molecule has 2 amide bonds. The molecule has 0 aromatic heterocycles. The molecule has 1 aliphatic carbocycles. The molecule has 2 aromatic rings. The van der Waals surface area contributed by atoms with Crippen LogP contribution < -0.4 is 20.7 Å². The number of nitrogens with one attached hydrogen (secondary N) is 3. The third kappa shape index (κ3) is 4.83. The van der Waals surface area contributed by atoms with Crippen molar-refractivity contribution in [3.05, 3.63) is 53.6 Å². The molecule has 0 bridgehead atoms. The van der Waals surface area contributed by atoms with Gasteiger partial charge in [-0.05, 0) is 61.8 Å². The Morgan fingerprint density at radius 3 is 2.56 bits per heavy atom. The molecule has 1 saturated carbocycles. The Morgan fingerprint density at radius 1 is 1.11 bits per heavy atom. The van der Waals surface area contributed by atoms with E-state index in [0.29, 0.717) is 17.0 Å². The van der Waals surface area contributed by atoms with Crippen LogP contribution in [-0.4, -0.2) is 24.0 Å². The van der Waals surface area contributed by atoms with Crippen molar-refractivity contribution in [2.45, 2.75) is 19.8 Å². The van der Waals surface area contributed by atoms with Gasteiger partial charge in [-0.2, -0.15) is 0 Å². The zero-order chi connectivity index (χ0) is 19.4. The van der Waals surface area contributed by atoms with E-state index in [2.05, 4.69) is 16.0 Å². The molecule has 3 N–H and O–H groups in total. The number of aryl methyl sites for hydroxylation is 1. The van der Waals surface area contributed by atoms with Crippen LogP contribution in [0.2, 0.25) is 0 Å². The molecule has 0 unspecified atom stereocenters. The number of hydrogen-bond acceptors (Lipinski definition) is 4. The second-order valence-electron chi connectivity index (χ2n) is 6.40. The lowest BCUT2D eigenvalue weighted by molar-refractivity contribution is -0.117. The van der Waals surface area contributed by atoms with E-state index < -0.39 is 0 Å². The highest BCUT2D eigenvalue weighted by Gasteiger charge is 2.29. The van der Waals surface area contributed by atoms with Crippen LogP contribution in [-0.2, 0) is 4.79 Å². The van der Waals surface area contributed by atoms with Crippen molar-refractivity contribution in [1.29, 1.82) is 0 Å². The highest BCUT2D eigenvalue weighted by molar-refractivity contribution is 7.80. The van der Waals surface area contributed by atoms with E-state index in [-0.39, 0.29) is 22.8 Å². The Kier molecular flexibility index (Phi) is 5.71. The van der Waals surface area contributed by atoms with Crippen LogP contribution in [0.25, 0.3) is 0 Å². The van der Waals surface area contributed by atoms with E-state index >= 15 is 0 Å². The average molecular weight is 383 g/mol. The number of amides is 2. The summed E-state index contributed by atoms with van der Waals surface area (Å²) in [7, 11) is 1.51. The molecule has 1 fully saturated rings. The Morgan fingerprint density at radius 2 is 1.85 bits per heavy atom. The monoisotopic (exact) mass is 383 g/mol. The summed E-state index contributed by atoms with van der Waals surface area (Å²) in [4.78, 5) is 24.4. The minimum Gasteiger partial charge on any atom is -0.496 e. The van der Waals surface area contributed by atoms with Crippen LogP contribution in [0.4, 0.5) is 11.4 Å². The summed E-state index contributed by atoms with van der Waals surface area (Å²) < 4.78 is 5.19. The Labute approximate surface area is 163 Å². The fourth-order valence-corrected chi connectivity index (χ4v) is 2.79. The highest BCUT2D eigenvalue weighted by atomic mass is 32.1. The third-order valence-electron chi connectivity index (χ3n) is 4.28. The molecule has 140 valence electrons. The molecule has 0 aliphatic heterocycles. The van der Waals surface area contributed by atoms with E-state index in [1.165, 1.54) is 7.11 Å². The largest absolute Gasteiger partial charge is 0.496 e. The number of ether oxygens (including phenoxy) is 1. The van der Waals surface area contributed by atoms with Gasteiger partial charge in [0.05, 0.1) is 12.7 Å². The number of hydrogen-bond donors (Lipinski definition) is 3. The van der Waals surface area contributed by atoms with Crippen molar-refractivity contribution in [2.24, 2.45) is 5.92 Å². The first kappa shape index (κ1) is 18.8. The van der Waals surface area contributed by atoms with Crippen molar-refractivity contribution < 1.29 is 14.3 Å². The van der Waals surface area contributed by atoms with E-state index in [1.54, 1.807) is 30.3 Å². The van der Waals surface area contributed by atoms with Crippen molar-refractivity contribution in [2.75, 3.05) is 17.7 Å². The number of carbonyl (C=O) groups excluding carboxylic acids is 2. The van der Waals surface area contributed by atoms with Crippen LogP contribution in [0, 0.1) is 12.8 Å². The molecule has 0 saturated heterocycles. The Hall–Kier alpha value is -2.93. The maximum absolute atomic E-state index is 12.4. The van der Waals surface area contributed by atoms with Crippen LogP contribution in [0.3, 0.4) is 0 Å². The van der Waals surface area contributed by atoms with Gasteiger partial charge in [-0.15, -0.1) is 0 Å². The quantitative estimate of drug-likeness (QED) is 0.689. The van der Waals surface area contributed by atoms with Gasteiger partial charge < -0.3 is 15.4 Å². The number of para-hydroxylation sites is 1. The summed E-state index contributed by atoms with van der Waals surface area (Å²) >= 11 is 5.24. The number of methoxy groups -OCH3 is 1. The first-order valence-corrected chi connectivity index (χ1v) is 9.05. The van der Waals surface area contributed by atoms with Gasteiger partial charge in [0.1, 0.15) is 5.75 Å². The molecule has 27 heavy (non-hydrogen) atoms. The lowest BCUT2D eigenvalue weighted by Gasteiger charge is -2.14. The Balaban J connectivity index is 1.65. The second-order valence-corrected chi connectivity index (χ2v) is 6.81. The van der Waals surface area contributed by atoms with Crippen LogP contribution in [0.5, 0.6) is 5.75 Å². The topological polar surface area (TPSA) is 79.5 Å². The molecule has 7 heteroatoms. The van der Waals surface area contributed by atoms with Gasteiger partial charge >= 0.3 is 0 Å². The molecule has 1 aliphatic rings. The summed E-state index contributed by atoms with van der Waals surface area (Å²) in [6.45, 7) is 1.92. The first-order valence-electron chi connectivity index (χ1n) is 8.65. The van der Waals surface area contributed by atoms with Gasteiger partial charge in [0.2, 0.25) is 5.91 Å². The fraction of sp³-hybridized carbons (Fsp3) is 0.250. The third-order valence-corrected chi connectivity index (χ3v) is 4.48. The maximum Gasteiger partial charge on any atom is 0.261 e. The molecule has 0 heterocycles. The lowest BCUT2D eigenvalue weighted by atomic mass is 10.1. The van der Waals surface area contributed by atoms with Gasteiger partial charge in [-0.25, -0.2) is 0 Å². The van der Waals surface area contributed by atoms with Gasteiger partial charge in [-0.1, -0.05) is 18.2 Å². The summed E-state index contributed by atoms with van der Waals surface area (Å²) in [6.07, 6.45) is 1.89. The van der Waals surface area contributed by atoms with Gasteiger partial charge in [0.25, 0.3) is 5.91 Å². The van der Waals surface area contributed by atoms with Gasteiger partial charge in [-0.3, -0.25) is 14.9 Å². The van der Waals surface area contributed by atoms with Gasteiger partial charge in [0.15, 0.2) is 5.11 Å². The standard InChI is InChI=1S/C20H21N3O3S/c1-12-7-10-14(11-16(12)22-18(24)13-8-9-13)21-20(27)23-19(25)15-5-3-4-6-17(15)26-2/h3-7,10-11,13H,8-9H2,1-2H3,(H,22,24)(H2,21,23,25,27). The summed E-state index contributed by atoms with van der Waals surface area (Å²) in [5.41, 5.74) is 2.76. The number of thiocarbonyl (C=S) groups is 1. The number of rotatable bonds is 5. The van der Waals surface area contributed by atoms with Crippen molar-refractivity contribution in [3.63, 3.8) is 0 Å². The SMILES string of the molecule is COc1ccccc1C(=O)NC(=S)Nc1ccc(C)c(NC(=O)C2CC2)c1. The molecule has 3 rings (SSSR count). The average Bonchev–Trinajstić information content (AvgIpc) is 3.49. The van der Waals surface area contributed by atoms with E-state index in [9.17, 15) is 9.59 Å². The fourth-order valence-electron chi connectivity index (χ4n) is 2.58. The molecular weight excluding hydrogens is 362 g/mol. The maximum atomic E-state index is 12.4. The van der Waals surface area contributed by atoms with Gasteiger partial charge in [0, 0.05) is 17.3 Å². The summed E-state index contributed by atoms with van der Waals surface area (Å²) in [5, 5.41) is 8.71. The number of carbonyl (C=O) groups is 2.